The normalized spacial score (nSPS) is 11.1. The molecule has 0 bridgehead atoms. The standard InChI is InChI=1S/C11H21N5O/c1-8(2)16(3)6-4-5-13-11(17)9-7-10(12)15-14-9/h7-8H,4-6H2,1-3H3,(H,13,17)(H3,12,14,15). The Morgan fingerprint density at radius 2 is 2.35 bits per heavy atom. The van der Waals surface area contributed by atoms with Crippen molar-refractivity contribution in [3.05, 3.63) is 11.8 Å². The number of aromatic nitrogens is 2. The molecule has 0 unspecified atom stereocenters. The molecular formula is C11H21N5O. The van der Waals surface area contributed by atoms with E-state index in [1.807, 2.05) is 0 Å². The highest BCUT2D eigenvalue weighted by Crippen LogP contribution is 2.00. The van der Waals surface area contributed by atoms with Crippen LogP contribution >= 0.6 is 0 Å². The van der Waals surface area contributed by atoms with Crippen LogP contribution in [-0.2, 0) is 0 Å². The summed E-state index contributed by atoms with van der Waals surface area (Å²) in [4.78, 5) is 13.8. The highest BCUT2D eigenvalue weighted by atomic mass is 16.1. The third-order valence-corrected chi connectivity index (χ3v) is 2.70. The van der Waals surface area contributed by atoms with Crippen molar-refractivity contribution in [1.29, 1.82) is 0 Å². The molecule has 0 aliphatic rings. The van der Waals surface area contributed by atoms with Gasteiger partial charge in [0.15, 0.2) is 0 Å². The number of nitrogens with zero attached hydrogens (tertiary/aromatic N) is 2. The highest BCUT2D eigenvalue weighted by molar-refractivity contribution is 5.92. The van der Waals surface area contributed by atoms with Crippen LogP contribution < -0.4 is 11.1 Å². The van der Waals surface area contributed by atoms with Gasteiger partial charge in [-0.3, -0.25) is 9.89 Å². The molecule has 1 aromatic rings. The van der Waals surface area contributed by atoms with Crippen molar-refractivity contribution in [2.45, 2.75) is 26.3 Å². The molecule has 17 heavy (non-hydrogen) atoms. The minimum atomic E-state index is -0.165. The van der Waals surface area contributed by atoms with E-state index in [1.54, 1.807) is 0 Å². The Hall–Kier alpha value is -1.56. The summed E-state index contributed by atoms with van der Waals surface area (Å²) in [7, 11) is 2.07. The third kappa shape index (κ3) is 4.44. The molecule has 4 N–H and O–H groups in total. The van der Waals surface area contributed by atoms with Gasteiger partial charge in [-0.05, 0) is 33.9 Å². The smallest absolute Gasteiger partial charge is 0.269 e. The monoisotopic (exact) mass is 239 g/mol. The molecule has 0 aliphatic carbocycles. The Labute approximate surface area is 102 Å². The minimum absolute atomic E-state index is 0.165. The SMILES string of the molecule is CC(C)N(C)CCCNC(=O)c1cc(N)n[nH]1. The van der Waals surface area contributed by atoms with Crippen molar-refractivity contribution in [2.24, 2.45) is 0 Å². The number of rotatable bonds is 6. The molecule has 0 aliphatic heterocycles. The first-order chi connectivity index (χ1) is 8.00. The summed E-state index contributed by atoms with van der Waals surface area (Å²) in [6.07, 6.45) is 0.921. The van der Waals surface area contributed by atoms with E-state index in [4.69, 9.17) is 5.73 Å². The summed E-state index contributed by atoms with van der Waals surface area (Å²) in [6, 6.07) is 2.05. The first-order valence-electron chi connectivity index (χ1n) is 5.80. The molecule has 6 heteroatoms. The predicted octanol–water partition coefficient (Wildman–Crippen LogP) is 0.452. The van der Waals surface area contributed by atoms with E-state index in [-0.39, 0.29) is 5.91 Å². The Morgan fingerprint density at radius 3 is 2.88 bits per heavy atom. The lowest BCUT2D eigenvalue weighted by molar-refractivity contribution is 0.0946. The van der Waals surface area contributed by atoms with Crippen molar-refractivity contribution in [2.75, 3.05) is 25.9 Å². The number of carbonyl (C=O) groups is 1. The van der Waals surface area contributed by atoms with E-state index in [0.717, 1.165) is 13.0 Å². The zero-order chi connectivity index (χ0) is 12.8. The first kappa shape index (κ1) is 13.5. The molecule has 0 fully saturated rings. The van der Waals surface area contributed by atoms with Crippen molar-refractivity contribution in [1.82, 2.24) is 20.4 Å². The van der Waals surface area contributed by atoms with Gasteiger partial charge >= 0.3 is 0 Å². The average molecular weight is 239 g/mol. The Bertz CT molecular complexity index is 360. The van der Waals surface area contributed by atoms with Crippen molar-refractivity contribution < 1.29 is 4.79 Å². The fourth-order valence-electron chi connectivity index (χ4n) is 1.34. The third-order valence-electron chi connectivity index (χ3n) is 2.70. The molecule has 1 heterocycles. The molecule has 0 radical (unpaired) electrons. The zero-order valence-corrected chi connectivity index (χ0v) is 10.7. The number of nitrogens with two attached hydrogens (primary N) is 1. The Kier molecular flexibility index (Phi) is 4.96. The molecular weight excluding hydrogens is 218 g/mol. The number of carbonyl (C=O) groups excluding carboxylic acids is 1. The lowest BCUT2D eigenvalue weighted by Crippen LogP contribution is -2.31. The van der Waals surface area contributed by atoms with Gasteiger partial charge in [0, 0.05) is 18.7 Å². The Balaban J connectivity index is 2.21. The largest absolute Gasteiger partial charge is 0.382 e. The number of nitrogen functional groups attached to an aromatic ring is 1. The van der Waals surface area contributed by atoms with Gasteiger partial charge in [0.05, 0.1) is 0 Å². The van der Waals surface area contributed by atoms with E-state index in [1.165, 1.54) is 6.07 Å². The quantitative estimate of drug-likeness (QED) is 0.629. The fourth-order valence-corrected chi connectivity index (χ4v) is 1.34. The number of nitrogens with one attached hydrogen (secondary N) is 2. The van der Waals surface area contributed by atoms with Crippen LogP contribution in [0.3, 0.4) is 0 Å². The lowest BCUT2D eigenvalue weighted by Gasteiger charge is -2.20. The van der Waals surface area contributed by atoms with Gasteiger partial charge in [-0.1, -0.05) is 0 Å². The molecule has 0 saturated heterocycles. The fraction of sp³-hybridized carbons (Fsp3) is 0.636. The van der Waals surface area contributed by atoms with E-state index >= 15 is 0 Å². The lowest BCUT2D eigenvalue weighted by atomic mass is 10.3. The average Bonchev–Trinajstić information content (AvgIpc) is 2.70. The van der Waals surface area contributed by atoms with Gasteiger partial charge in [-0.2, -0.15) is 5.10 Å². The van der Waals surface area contributed by atoms with Crippen LogP contribution in [-0.4, -0.2) is 47.2 Å². The molecule has 6 nitrogen and oxygen atoms in total. The number of amides is 1. The molecule has 96 valence electrons. The van der Waals surface area contributed by atoms with E-state index in [9.17, 15) is 4.79 Å². The Morgan fingerprint density at radius 1 is 1.65 bits per heavy atom. The molecule has 1 amide bonds. The van der Waals surface area contributed by atoms with Gasteiger partial charge in [-0.15, -0.1) is 0 Å². The number of anilines is 1. The van der Waals surface area contributed by atoms with Gasteiger partial charge in [0.2, 0.25) is 0 Å². The summed E-state index contributed by atoms with van der Waals surface area (Å²) >= 11 is 0. The number of hydrogen-bond donors (Lipinski definition) is 3. The van der Waals surface area contributed by atoms with Crippen LogP contribution in [0, 0.1) is 0 Å². The molecule has 1 rings (SSSR count). The van der Waals surface area contributed by atoms with E-state index in [2.05, 4.69) is 41.3 Å². The summed E-state index contributed by atoms with van der Waals surface area (Å²) in [6.45, 7) is 5.90. The second kappa shape index (κ2) is 6.24. The van der Waals surface area contributed by atoms with Crippen LogP contribution in [0.4, 0.5) is 5.82 Å². The second-order valence-electron chi connectivity index (χ2n) is 4.39. The molecule has 0 atom stereocenters. The number of hydrogen-bond acceptors (Lipinski definition) is 4. The molecule has 1 aromatic heterocycles. The van der Waals surface area contributed by atoms with Gasteiger partial charge in [0.1, 0.15) is 11.5 Å². The van der Waals surface area contributed by atoms with E-state index in [0.29, 0.717) is 24.1 Å². The predicted molar refractivity (Wildman–Crippen MR) is 67.7 cm³/mol. The van der Waals surface area contributed by atoms with Crippen LogP contribution in [0.1, 0.15) is 30.8 Å². The number of aromatic amines is 1. The van der Waals surface area contributed by atoms with Crippen LogP contribution in [0.5, 0.6) is 0 Å². The topological polar surface area (TPSA) is 87.0 Å². The molecule has 0 spiro atoms. The van der Waals surface area contributed by atoms with Crippen molar-refractivity contribution >= 4 is 11.7 Å². The van der Waals surface area contributed by atoms with Gasteiger partial charge in [-0.25, -0.2) is 0 Å². The minimum Gasteiger partial charge on any atom is -0.382 e. The summed E-state index contributed by atoms with van der Waals surface area (Å²) in [5, 5.41) is 9.09. The maximum atomic E-state index is 11.6. The number of H-pyrrole nitrogens is 1. The van der Waals surface area contributed by atoms with Gasteiger partial charge < -0.3 is 16.0 Å². The van der Waals surface area contributed by atoms with E-state index < -0.39 is 0 Å². The summed E-state index contributed by atoms with van der Waals surface area (Å²) in [5.74, 6) is 0.163. The van der Waals surface area contributed by atoms with Crippen LogP contribution in [0.15, 0.2) is 6.07 Å². The first-order valence-corrected chi connectivity index (χ1v) is 5.80. The van der Waals surface area contributed by atoms with Crippen molar-refractivity contribution in [3.63, 3.8) is 0 Å². The molecule has 0 saturated carbocycles. The van der Waals surface area contributed by atoms with Crippen LogP contribution in [0.25, 0.3) is 0 Å². The highest BCUT2D eigenvalue weighted by Gasteiger charge is 2.08. The zero-order valence-electron chi connectivity index (χ0n) is 10.7. The van der Waals surface area contributed by atoms with Crippen LogP contribution in [0.2, 0.25) is 0 Å². The second-order valence-corrected chi connectivity index (χ2v) is 4.39. The summed E-state index contributed by atoms with van der Waals surface area (Å²) < 4.78 is 0. The maximum Gasteiger partial charge on any atom is 0.269 e. The van der Waals surface area contributed by atoms with Gasteiger partial charge in [0.25, 0.3) is 5.91 Å². The maximum absolute atomic E-state index is 11.6. The van der Waals surface area contributed by atoms with Crippen molar-refractivity contribution in [3.8, 4) is 0 Å². The summed E-state index contributed by atoms with van der Waals surface area (Å²) in [5.41, 5.74) is 5.82. The molecule has 0 aromatic carbocycles.